The number of halogens is 1. The molecule has 3 nitrogen and oxygen atoms in total. The Kier molecular flexibility index (Phi) is 6.11. The van der Waals surface area contributed by atoms with E-state index in [1.54, 1.807) is 0 Å². The zero-order valence-electron chi connectivity index (χ0n) is 11.7. The number of hydrogen-bond acceptors (Lipinski definition) is 3. The monoisotopic (exact) mass is 284 g/mol. The Morgan fingerprint density at radius 3 is 2.11 bits per heavy atom. The third-order valence-corrected chi connectivity index (χ3v) is 3.80. The van der Waals surface area contributed by atoms with Crippen molar-refractivity contribution >= 4 is 18.1 Å². The molecule has 1 fully saturated rings. The smallest absolute Gasteiger partial charge is 0.0755 e. The zero-order chi connectivity index (χ0) is 13.1. The summed E-state index contributed by atoms with van der Waals surface area (Å²) in [5, 5.41) is 9.99. The number of rotatable bonds is 4. The van der Waals surface area contributed by atoms with Gasteiger partial charge in [-0.2, -0.15) is 0 Å². The molecule has 1 aromatic carbocycles. The van der Waals surface area contributed by atoms with Crippen LogP contribution >= 0.6 is 12.4 Å². The van der Waals surface area contributed by atoms with E-state index in [-0.39, 0.29) is 24.4 Å². The fraction of sp³-hybridized carbons (Fsp3) is 0.600. The molecule has 108 valence electrons. The Balaban J connectivity index is 0.00000180. The van der Waals surface area contributed by atoms with Crippen molar-refractivity contribution in [2.45, 2.75) is 38.8 Å². The summed E-state index contributed by atoms with van der Waals surface area (Å²) in [5.74, 6) is 0.179. The lowest BCUT2D eigenvalue weighted by atomic mass is 9.94. The summed E-state index contributed by atoms with van der Waals surface area (Å²) in [4.78, 5) is 2.40. The number of hydrogen-bond donors (Lipinski definition) is 2. The van der Waals surface area contributed by atoms with E-state index in [9.17, 15) is 5.11 Å². The summed E-state index contributed by atoms with van der Waals surface area (Å²) in [6, 6.07) is 8.03. The second-order valence-electron chi connectivity index (χ2n) is 5.55. The largest absolute Gasteiger partial charge is 0.391 e. The Morgan fingerprint density at radius 1 is 1.11 bits per heavy atom. The van der Waals surface area contributed by atoms with Crippen molar-refractivity contribution in [3.05, 3.63) is 29.8 Å². The molecule has 0 spiro atoms. The van der Waals surface area contributed by atoms with Gasteiger partial charge in [0.1, 0.15) is 0 Å². The SMILES string of the molecule is CC(C)[C@H](O)[C@H](N)c1ccc(N2CCCC2)cc1.Cl. The van der Waals surface area contributed by atoms with Crippen LogP contribution in [0.25, 0.3) is 0 Å². The van der Waals surface area contributed by atoms with Gasteiger partial charge in [-0.3, -0.25) is 0 Å². The number of aliphatic hydroxyl groups is 1. The highest BCUT2D eigenvalue weighted by atomic mass is 35.5. The van der Waals surface area contributed by atoms with Crippen LogP contribution < -0.4 is 10.6 Å². The molecule has 1 aromatic rings. The summed E-state index contributed by atoms with van der Waals surface area (Å²) in [5.41, 5.74) is 8.36. The maximum atomic E-state index is 9.99. The minimum atomic E-state index is -0.484. The molecule has 0 saturated carbocycles. The van der Waals surface area contributed by atoms with Crippen LogP contribution in [0.4, 0.5) is 5.69 Å². The van der Waals surface area contributed by atoms with Crippen LogP contribution in [-0.4, -0.2) is 24.3 Å². The van der Waals surface area contributed by atoms with Crippen molar-refractivity contribution in [2.75, 3.05) is 18.0 Å². The minimum absolute atomic E-state index is 0. The number of anilines is 1. The van der Waals surface area contributed by atoms with Gasteiger partial charge >= 0.3 is 0 Å². The molecule has 0 aromatic heterocycles. The van der Waals surface area contributed by atoms with E-state index in [0.717, 1.165) is 18.7 Å². The Bertz CT molecular complexity index is 374. The van der Waals surface area contributed by atoms with Gasteiger partial charge in [0, 0.05) is 18.8 Å². The van der Waals surface area contributed by atoms with Crippen LogP contribution in [0.2, 0.25) is 0 Å². The first-order chi connectivity index (χ1) is 8.59. The van der Waals surface area contributed by atoms with Crippen LogP contribution in [-0.2, 0) is 0 Å². The second kappa shape index (κ2) is 7.13. The van der Waals surface area contributed by atoms with E-state index >= 15 is 0 Å². The third kappa shape index (κ3) is 3.85. The van der Waals surface area contributed by atoms with E-state index in [0.29, 0.717) is 0 Å². The second-order valence-corrected chi connectivity index (χ2v) is 5.55. The van der Waals surface area contributed by atoms with Crippen molar-refractivity contribution < 1.29 is 5.11 Å². The van der Waals surface area contributed by atoms with Crippen molar-refractivity contribution in [1.82, 2.24) is 0 Å². The topological polar surface area (TPSA) is 49.5 Å². The van der Waals surface area contributed by atoms with Crippen molar-refractivity contribution in [2.24, 2.45) is 11.7 Å². The predicted molar refractivity (Wildman–Crippen MR) is 82.9 cm³/mol. The van der Waals surface area contributed by atoms with Crippen LogP contribution in [0.15, 0.2) is 24.3 Å². The van der Waals surface area contributed by atoms with Crippen molar-refractivity contribution in [1.29, 1.82) is 0 Å². The molecule has 0 radical (unpaired) electrons. The van der Waals surface area contributed by atoms with E-state index in [2.05, 4.69) is 17.0 Å². The van der Waals surface area contributed by atoms with Crippen LogP contribution in [0.3, 0.4) is 0 Å². The molecule has 1 heterocycles. The molecule has 2 rings (SSSR count). The molecule has 4 heteroatoms. The maximum absolute atomic E-state index is 9.99. The number of nitrogens with two attached hydrogens (primary N) is 1. The Hall–Kier alpha value is -0.770. The zero-order valence-corrected chi connectivity index (χ0v) is 12.6. The lowest BCUT2D eigenvalue weighted by Crippen LogP contribution is -2.30. The lowest BCUT2D eigenvalue weighted by Gasteiger charge is -2.23. The maximum Gasteiger partial charge on any atom is 0.0755 e. The fourth-order valence-electron chi connectivity index (χ4n) is 2.49. The molecule has 2 atom stereocenters. The van der Waals surface area contributed by atoms with Gasteiger partial charge in [-0.05, 0) is 36.5 Å². The van der Waals surface area contributed by atoms with Gasteiger partial charge in [0.25, 0.3) is 0 Å². The lowest BCUT2D eigenvalue weighted by molar-refractivity contribution is 0.0979. The van der Waals surface area contributed by atoms with Gasteiger partial charge in [0.2, 0.25) is 0 Å². The molecular weight excluding hydrogens is 260 g/mol. The first kappa shape index (κ1) is 16.3. The standard InChI is InChI=1S/C15H24N2O.ClH/c1-11(2)15(18)14(16)12-5-7-13(8-6-12)17-9-3-4-10-17;/h5-8,11,14-15,18H,3-4,9-10,16H2,1-2H3;1H/t14-,15+;/m1./s1. The first-order valence-electron chi connectivity index (χ1n) is 6.88. The van der Waals surface area contributed by atoms with E-state index in [1.165, 1.54) is 18.5 Å². The predicted octanol–water partition coefficient (Wildman–Crippen LogP) is 2.73. The molecule has 1 aliphatic rings. The first-order valence-corrected chi connectivity index (χ1v) is 6.88. The number of aliphatic hydroxyl groups excluding tert-OH is 1. The van der Waals surface area contributed by atoms with Crippen molar-refractivity contribution in [3.8, 4) is 0 Å². The molecule has 0 bridgehead atoms. The number of nitrogens with zero attached hydrogens (tertiary/aromatic N) is 1. The fourth-order valence-corrected chi connectivity index (χ4v) is 2.49. The average molecular weight is 285 g/mol. The molecule has 3 N–H and O–H groups in total. The van der Waals surface area contributed by atoms with Gasteiger partial charge in [-0.15, -0.1) is 12.4 Å². The van der Waals surface area contributed by atoms with Crippen molar-refractivity contribution in [3.63, 3.8) is 0 Å². The van der Waals surface area contributed by atoms with E-state index in [4.69, 9.17) is 5.73 Å². The highest BCUT2D eigenvalue weighted by Gasteiger charge is 2.20. The summed E-state index contributed by atoms with van der Waals surface area (Å²) < 4.78 is 0. The molecule has 1 saturated heterocycles. The molecular formula is C15H25ClN2O. The number of benzene rings is 1. The van der Waals surface area contributed by atoms with Crippen LogP contribution in [0, 0.1) is 5.92 Å². The third-order valence-electron chi connectivity index (χ3n) is 3.80. The molecule has 19 heavy (non-hydrogen) atoms. The summed E-state index contributed by atoms with van der Waals surface area (Å²) in [7, 11) is 0. The van der Waals surface area contributed by atoms with Gasteiger partial charge in [-0.1, -0.05) is 26.0 Å². The Morgan fingerprint density at radius 2 is 1.63 bits per heavy atom. The summed E-state index contributed by atoms with van der Waals surface area (Å²) >= 11 is 0. The minimum Gasteiger partial charge on any atom is -0.391 e. The molecule has 0 aliphatic carbocycles. The quantitative estimate of drug-likeness (QED) is 0.894. The normalized spacial score (nSPS) is 18.3. The highest BCUT2D eigenvalue weighted by molar-refractivity contribution is 5.85. The van der Waals surface area contributed by atoms with Gasteiger partial charge in [-0.25, -0.2) is 0 Å². The van der Waals surface area contributed by atoms with E-state index in [1.807, 2.05) is 26.0 Å². The van der Waals surface area contributed by atoms with Gasteiger partial charge in [0.05, 0.1) is 12.1 Å². The van der Waals surface area contributed by atoms with Gasteiger partial charge in [0.15, 0.2) is 0 Å². The van der Waals surface area contributed by atoms with E-state index < -0.39 is 6.10 Å². The van der Waals surface area contributed by atoms with Crippen LogP contribution in [0.1, 0.15) is 38.3 Å². The summed E-state index contributed by atoms with van der Waals surface area (Å²) in [6.07, 6.45) is 2.09. The molecule has 1 aliphatic heterocycles. The highest BCUT2D eigenvalue weighted by Crippen LogP contribution is 2.24. The molecule has 0 unspecified atom stereocenters. The van der Waals surface area contributed by atoms with Gasteiger partial charge < -0.3 is 15.7 Å². The van der Waals surface area contributed by atoms with Crippen LogP contribution in [0.5, 0.6) is 0 Å². The Labute approximate surface area is 122 Å². The summed E-state index contributed by atoms with van der Waals surface area (Å²) in [6.45, 7) is 6.28. The molecule has 0 amide bonds. The average Bonchev–Trinajstić information content (AvgIpc) is 2.91.